The van der Waals surface area contributed by atoms with E-state index >= 15 is 0 Å². The maximum Gasteiger partial charge on any atom is 0.232 e. The van der Waals surface area contributed by atoms with Crippen LogP contribution in [0.4, 0.5) is 4.39 Å². The number of aromatic nitrogens is 4. The number of rotatable bonds is 8. The third kappa shape index (κ3) is 5.10. The molecule has 0 aliphatic rings. The Hall–Kier alpha value is -1.96. The Morgan fingerprint density at radius 2 is 2.32 bits per heavy atom. The average molecular weight is 323 g/mol. The topological polar surface area (TPSA) is 74.8 Å². The van der Waals surface area contributed by atoms with Crippen LogP contribution in [-0.2, 0) is 17.8 Å². The van der Waals surface area contributed by atoms with Crippen LogP contribution in [0.25, 0.3) is 0 Å². The molecule has 0 saturated heterocycles. The van der Waals surface area contributed by atoms with Crippen LogP contribution in [-0.4, -0.2) is 49.5 Å². The van der Waals surface area contributed by atoms with E-state index in [0.29, 0.717) is 31.1 Å². The van der Waals surface area contributed by atoms with E-state index in [1.54, 1.807) is 11.0 Å². The van der Waals surface area contributed by atoms with Crippen molar-refractivity contribution < 1.29 is 9.18 Å². The van der Waals surface area contributed by atoms with Gasteiger partial charge in [0.15, 0.2) is 5.82 Å². The van der Waals surface area contributed by atoms with Gasteiger partial charge >= 0.3 is 0 Å². The summed E-state index contributed by atoms with van der Waals surface area (Å²) in [7, 11) is 0. The van der Waals surface area contributed by atoms with Crippen molar-refractivity contribution in [3.8, 4) is 0 Å². The molecule has 0 radical (unpaired) electrons. The van der Waals surface area contributed by atoms with Crippen LogP contribution in [0.5, 0.6) is 0 Å². The lowest BCUT2D eigenvalue weighted by Crippen LogP contribution is -2.31. The minimum absolute atomic E-state index is 0.0462. The van der Waals surface area contributed by atoms with Crippen LogP contribution in [0, 0.1) is 5.82 Å². The molecule has 2 rings (SSSR count). The normalized spacial score (nSPS) is 10.6. The molecule has 1 amide bonds. The molecule has 0 spiro atoms. The van der Waals surface area contributed by atoms with Crippen LogP contribution in [0.1, 0.15) is 18.3 Å². The zero-order chi connectivity index (χ0) is 15.8. The predicted octanol–water partition coefficient (Wildman–Crippen LogP) is 1.66. The first-order valence-corrected chi connectivity index (χ1v) is 8.16. The molecule has 22 heavy (non-hydrogen) atoms. The first-order valence-electron chi connectivity index (χ1n) is 7.01. The molecule has 0 fully saturated rings. The summed E-state index contributed by atoms with van der Waals surface area (Å²) in [6.45, 7) is 2.94. The summed E-state index contributed by atoms with van der Waals surface area (Å²) in [4.78, 5) is 13.9. The standard InChI is InChI=1S/C14H18FN5OS/c1-2-20(9-11-4-3-5-12(15)8-11)14(21)10-22-7-6-13-16-18-19-17-13/h3-5,8H,2,6-7,9-10H2,1H3,(H,16,17,18,19). The first-order chi connectivity index (χ1) is 10.7. The zero-order valence-electron chi connectivity index (χ0n) is 12.3. The molecule has 1 aromatic heterocycles. The minimum atomic E-state index is -0.282. The molecule has 1 heterocycles. The van der Waals surface area contributed by atoms with E-state index in [4.69, 9.17) is 0 Å². The first kappa shape index (κ1) is 16.4. The molecule has 0 saturated carbocycles. The van der Waals surface area contributed by atoms with Gasteiger partial charge in [-0.3, -0.25) is 4.79 Å². The molecule has 0 atom stereocenters. The maximum absolute atomic E-state index is 13.2. The second kappa shape index (κ2) is 8.47. The maximum atomic E-state index is 13.2. The number of hydrogen-bond donors (Lipinski definition) is 1. The smallest absolute Gasteiger partial charge is 0.232 e. The number of aryl methyl sites for hydroxylation is 1. The molecule has 2 aromatic rings. The number of halogens is 1. The van der Waals surface area contributed by atoms with Crippen LogP contribution in [0.15, 0.2) is 24.3 Å². The van der Waals surface area contributed by atoms with Gasteiger partial charge in [-0.05, 0) is 24.6 Å². The number of carbonyl (C=O) groups is 1. The Morgan fingerprint density at radius 3 is 3.00 bits per heavy atom. The number of tetrazole rings is 1. The van der Waals surface area contributed by atoms with Crippen molar-refractivity contribution in [2.75, 3.05) is 18.1 Å². The third-order valence-corrected chi connectivity index (χ3v) is 4.03. The fraction of sp³-hybridized carbons (Fsp3) is 0.429. The summed E-state index contributed by atoms with van der Waals surface area (Å²) in [5.41, 5.74) is 0.798. The lowest BCUT2D eigenvalue weighted by Gasteiger charge is -2.20. The second-order valence-electron chi connectivity index (χ2n) is 4.67. The largest absolute Gasteiger partial charge is 0.338 e. The highest BCUT2D eigenvalue weighted by Gasteiger charge is 2.12. The molecule has 1 aromatic carbocycles. The van der Waals surface area contributed by atoms with Gasteiger partial charge < -0.3 is 4.90 Å². The van der Waals surface area contributed by atoms with Gasteiger partial charge in [0.2, 0.25) is 5.91 Å². The second-order valence-corrected chi connectivity index (χ2v) is 5.77. The Morgan fingerprint density at radius 1 is 1.45 bits per heavy atom. The number of aromatic amines is 1. The molecule has 6 nitrogen and oxygen atoms in total. The van der Waals surface area contributed by atoms with Crippen LogP contribution in [0.3, 0.4) is 0 Å². The van der Waals surface area contributed by atoms with E-state index in [9.17, 15) is 9.18 Å². The summed E-state index contributed by atoms with van der Waals surface area (Å²) < 4.78 is 13.2. The van der Waals surface area contributed by atoms with Gasteiger partial charge in [-0.2, -0.15) is 17.0 Å². The van der Waals surface area contributed by atoms with Gasteiger partial charge in [0.05, 0.1) is 5.75 Å². The third-order valence-electron chi connectivity index (χ3n) is 3.08. The Balaban J connectivity index is 1.76. The lowest BCUT2D eigenvalue weighted by molar-refractivity contribution is -0.128. The highest BCUT2D eigenvalue weighted by atomic mass is 32.2. The molecule has 8 heteroatoms. The quantitative estimate of drug-likeness (QED) is 0.748. The van der Waals surface area contributed by atoms with E-state index in [1.165, 1.54) is 23.9 Å². The van der Waals surface area contributed by atoms with Gasteiger partial charge in [-0.25, -0.2) is 4.39 Å². The average Bonchev–Trinajstić information content (AvgIpc) is 3.02. The molecule has 1 N–H and O–H groups in total. The van der Waals surface area contributed by atoms with Gasteiger partial charge in [0, 0.05) is 25.3 Å². The van der Waals surface area contributed by atoms with Gasteiger partial charge in [-0.1, -0.05) is 17.3 Å². The van der Waals surface area contributed by atoms with Crippen molar-refractivity contribution in [2.45, 2.75) is 19.9 Å². The lowest BCUT2D eigenvalue weighted by atomic mass is 10.2. The molecule has 118 valence electrons. The van der Waals surface area contributed by atoms with Crippen LogP contribution in [0.2, 0.25) is 0 Å². The van der Waals surface area contributed by atoms with Crippen molar-refractivity contribution in [2.24, 2.45) is 0 Å². The Bertz CT molecular complexity index is 593. The van der Waals surface area contributed by atoms with Crippen LogP contribution < -0.4 is 0 Å². The SMILES string of the molecule is CCN(Cc1cccc(F)c1)C(=O)CSCCc1nn[nH]n1. The summed E-state index contributed by atoms with van der Waals surface area (Å²) in [5.74, 6) is 1.55. The molecule has 0 aliphatic heterocycles. The Kier molecular flexibility index (Phi) is 6.32. The fourth-order valence-corrected chi connectivity index (χ4v) is 2.76. The number of benzene rings is 1. The molecule has 0 unspecified atom stereocenters. The van der Waals surface area contributed by atoms with E-state index in [1.807, 2.05) is 13.0 Å². The highest BCUT2D eigenvalue weighted by molar-refractivity contribution is 7.99. The number of carbonyl (C=O) groups excluding carboxylic acids is 1. The van der Waals surface area contributed by atoms with E-state index < -0.39 is 0 Å². The van der Waals surface area contributed by atoms with Gasteiger partial charge in [0.1, 0.15) is 5.82 Å². The number of hydrogen-bond acceptors (Lipinski definition) is 5. The number of nitrogens with zero attached hydrogens (tertiary/aromatic N) is 4. The zero-order valence-corrected chi connectivity index (χ0v) is 13.1. The van der Waals surface area contributed by atoms with Crippen molar-refractivity contribution in [3.05, 3.63) is 41.5 Å². The summed E-state index contributed by atoms with van der Waals surface area (Å²) >= 11 is 1.53. The van der Waals surface area contributed by atoms with Gasteiger partial charge in [0.25, 0.3) is 0 Å². The summed E-state index contributed by atoms with van der Waals surface area (Å²) in [6.07, 6.45) is 0.671. The number of H-pyrrole nitrogens is 1. The Labute approximate surface area is 132 Å². The van der Waals surface area contributed by atoms with Crippen molar-refractivity contribution >= 4 is 17.7 Å². The van der Waals surface area contributed by atoms with E-state index in [2.05, 4.69) is 20.6 Å². The minimum Gasteiger partial charge on any atom is -0.338 e. The predicted molar refractivity (Wildman–Crippen MR) is 82.7 cm³/mol. The number of nitrogens with one attached hydrogen (secondary N) is 1. The van der Waals surface area contributed by atoms with Crippen LogP contribution >= 0.6 is 11.8 Å². The van der Waals surface area contributed by atoms with Gasteiger partial charge in [-0.15, -0.1) is 10.2 Å². The number of thioether (sulfide) groups is 1. The van der Waals surface area contributed by atoms with E-state index in [-0.39, 0.29) is 11.7 Å². The van der Waals surface area contributed by atoms with E-state index in [0.717, 1.165) is 11.3 Å². The molecule has 0 bridgehead atoms. The van der Waals surface area contributed by atoms with Crippen molar-refractivity contribution in [1.29, 1.82) is 0 Å². The summed E-state index contributed by atoms with van der Waals surface area (Å²) in [5, 5.41) is 13.6. The fourth-order valence-electron chi connectivity index (χ4n) is 1.93. The highest BCUT2D eigenvalue weighted by Crippen LogP contribution is 2.10. The molecule has 0 aliphatic carbocycles. The monoisotopic (exact) mass is 323 g/mol. The summed E-state index contributed by atoms with van der Waals surface area (Å²) in [6, 6.07) is 6.33. The molecular formula is C14H18FN5OS. The number of amides is 1. The van der Waals surface area contributed by atoms with Crippen molar-refractivity contribution in [1.82, 2.24) is 25.5 Å². The molecular weight excluding hydrogens is 305 g/mol. The van der Waals surface area contributed by atoms with Crippen molar-refractivity contribution in [3.63, 3.8) is 0 Å².